The molecule has 118 valence electrons. The van der Waals surface area contributed by atoms with E-state index in [9.17, 15) is 10.1 Å². The summed E-state index contributed by atoms with van der Waals surface area (Å²) in [6, 6.07) is 2.41. The topological polar surface area (TPSA) is 86.5 Å². The van der Waals surface area contributed by atoms with E-state index < -0.39 is 5.54 Å². The van der Waals surface area contributed by atoms with Crippen molar-refractivity contribution < 1.29 is 0 Å². The monoisotopic (exact) mass is 311 g/mol. The number of H-pyrrole nitrogens is 1. The van der Waals surface area contributed by atoms with Gasteiger partial charge in [0.05, 0.1) is 6.07 Å². The molecule has 21 heavy (non-hydrogen) atoms. The van der Waals surface area contributed by atoms with Crippen molar-refractivity contribution in [1.29, 1.82) is 5.26 Å². The number of aromatic amines is 1. The summed E-state index contributed by atoms with van der Waals surface area (Å²) in [7, 11) is 0. The third kappa shape index (κ3) is 4.90. The first-order valence-electron chi connectivity index (χ1n) is 7.32. The summed E-state index contributed by atoms with van der Waals surface area (Å²) in [5.41, 5.74) is -0.742. The maximum Gasteiger partial charge on any atom is 0.344 e. The van der Waals surface area contributed by atoms with E-state index in [0.29, 0.717) is 11.6 Å². The molecule has 0 saturated heterocycles. The first kappa shape index (κ1) is 17.8. The van der Waals surface area contributed by atoms with Gasteiger partial charge in [0.25, 0.3) is 0 Å². The lowest BCUT2D eigenvalue weighted by Crippen LogP contribution is -2.43. The zero-order valence-corrected chi connectivity index (χ0v) is 14.3. The molecule has 1 heterocycles. The van der Waals surface area contributed by atoms with Gasteiger partial charge in [-0.3, -0.25) is 9.88 Å². The maximum atomic E-state index is 11.7. The molecule has 2 N–H and O–H groups in total. The van der Waals surface area contributed by atoms with Gasteiger partial charge < -0.3 is 0 Å². The molecule has 2 atom stereocenters. The van der Waals surface area contributed by atoms with Gasteiger partial charge in [0, 0.05) is 11.3 Å². The summed E-state index contributed by atoms with van der Waals surface area (Å²) < 4.78 is 1.64. The highest BCUT2D eigenvalue weighted by Crippen LogP contribution is 2.27. The van der Waals surface area contributed by atoms with E-state index in [2.05, 4.69) is 35.4 Å². The molecular weight excluding hydrogens is 286 g/mol. The Labute approximate surface area is 130 Å². The van der Waals surface area contributed by atoms with E-state index in [1.54, 1.807) is 4.57 Å². The zero-order chi connectivity index (χ0) is 16.0. The van der Waals surface area contributed by atoms with Crippen LogP contribution in [-0.4, -0.2) is 32.1 Å². The maximum absolute atomic E-state index is 11.7. The Morgan fingerprint density at radius 2 is 2.19 bits per heavy atom. The highest BCUT2D eigenvalue weighted by molar-refractivity contribution is 7.99. The molecule has 0 aliphatic carbocycles. The molecule has 1 aromatic rings. The molecule has 0 bridgehead atoms. The SMILES string of the molecule is CCCNC(C)(C#N)CC(C)Sc1n[nH]c(=O)n1C(C)C. The van der Waals surface area contributed by atoms with Crippen LogP contribution in [0.25, 0.3) is 0 Å². The van der Waals surface area contributed by atoms with Crippen LogP contribution in [0.5, 0.6) is 0 Å². The smallest absolute Gasteiger partial charge is 0.300 e. The Kier molecular flexibility index (Phi) is 6.49. The van der Waals surface area contributed by atoms with Gasteiger partial charge in [-0.05, 0) is 40.2 Å². The Hall–Kier alpha value is -1.26. The molecule has 0 aliphatic rings. The van der Waals surface area contributed by atoms with Crippen molar-refractivity contribution in [3.05, 3.63) is 10.5 Å². The number of thioether (sulfide) groups is 1. The number of rotatable bonds is 8. The number of hydrogen-bond acceptors (Lipinski definition) is 5. The third-order valence-corrected chi connectivity index (χ3v) is 4.27. The molecule has 0 aliphatic heterocycles. The number of nitrogens with zero attached hydrogens (tertiary/aromatic N) is 3. The second-order valence-electron chi connectivity index (χ2n) is 5.78. The number of hydrogen-bond donors (Lipinski definition) is 2. The number of nitrogens with one attached hydrogen (secondary N) is 2. The van der Waals surface area contributed by atoms with Crippen molar-refractivity contribution in [2.45, 2.75) is 69.4 Å². The summed E-state index contributed by atoms with van der Waals surface area (Å²) in [5.74, 6) is 0. The fraction of sp³-hybridized carbons (Fsp3) is 0.786. The molecule has 0 amide bonds. The van der Waals surface area contributed by atoms with Gasteiger partial charge in [-0.2, -0.15) is 5.26 Å². The molecule has 0 fully saturated rings. The van der Waals surface area contributed by atoms with E-state index >= 15 is 0 Å². The Balaban J connectivity index is 2.76. The van der Waals surface area contributed by atoms with Crippen LogP contribution in [0.2, 0.25) is 0 Å². The van der Waals surface area contributed by atoms with Gasteiger partial charge in [0.2, 0.25) is 0 Å². The predicted molar refractivity (Wildman–Crippen MR) is 85.5 cm³/mol. The minimum Gasteiger partial charge on any atom is -0.300 e. The average Bonchev–Trinajstić information content (AvgIpc) is 2.77. The van der Waals surface area contributed by atoms with E-state index in [1.165, 1.54) is 11.8 Å². The van der Waals surface area contributed by atoms with Crippen molar-refractivity contribution in [3.8, 4) is 6.07 Å². The summed E-state index contributed by atoms with van der Waals surface area (Å²) in [6.45, 7) is 10.8. The molecule has 1 rings (SSSR count). The summed E-state index contributed by atoms with van der Waals surface area (Å²) >= 11 is 1.52. The van der Waals surface area contributed by atoms with Gasteiger partial charge >= 0.3 is 5.69 Å². The highest BCUT2D eigenvalue weighted by Gasteiger charge is 2.27. The second-order valence-corrected chi connectivity index (χ2v) is 7.18. The first-order valence-corrected chi connectivity index (χ1v) is 8.20. The van der Waals surface area contributed by atoms with Crippen LogP contribution < -0.4 is 11.0 Å². The van der Waals surface area contributed by atoms with Gasteiger partial charge in [-0.15, -0.1) is 5.10 Å². The van der Waals surface area contributed by atoms with E-state index in [0.717, 1.165) is 13.0 Å². The highest BCUT2D eigenvalue weighted by atomic mass is 32.2. The lowest BCUT2D eigenvalue weighted by Gasteiger charge is -2.26. The normalized spacial score (nSPS) is 15.7. The van der Waals surface area contributed by atoms with Crippen molar-refractivity contribution in [2.24, 2.45) is 0 Å². The van der Waals surface area contributed by atoms with Crippen LogP contribution in [0.3, 0.4) is 0 Å². The molecule has 1 aromatic heterocycles. The zero-order valence-electron chi connectivity index (χ0n) is 13.4. The van der Waals surface area contributed by atoms with Crippen LogP contribution in [0, 0.1) is 11.3 Å². The van der Waals surface area contributed by atoms with Crippen molar-refractivity contribution in [3.63, 3.8) is 0 Å². The largest absolute Gasteiger partial charge is 0.344 e. The molecule has 6 nitrogen and oxygen atoms in total. The van der Waals surface area contributed by atoms with E-state index in [1.807, 2.05) is 20.8 Å². The van der Waals surface area contributed by atoms with Gasteiger partial charge in [-0.25, -0.2) is 9.89 Å². The van der Waals surface area contributed by atoms with Gasteiger partial charge in [0.1, 0.15) is 5.54 Å². The predicted octanol–water partition coefficient (Wildman–Crippen LogP) is 2.30. The molecule has 7 heteroatoms. The number of aromatic nitrogens is 3. The molecule has 2 unspecified atom stereocenters. The van der Waals surface area contributed by atoms with Crippen molar-refractivity contribution >= 4 is 11.8 Å². The lowest BCUT2D eigenvalue weighted by atomic mass is 9.98. The van der Waals surface area contributed by atoms with Crippen LogP contribution >= 0.6 is 11.8 Å². The van der Waals surface area contributed by atoms with Crippen LogP contribution in [0.4, 0.5) is 0 Å². The van der Waals surface area contributed by atoms with E-state index in [-0.39, 0.29) is 17.0 Å². The molecule has 0 aromatic carbocycles. The van der Waals surface area contributed by atoms with Crippen molar-refractivity contribution in [1.82, 2.24) is 20.1 Å². The summed E-state index contributed by atoms with van der Waals surface area (Å²) in [5, 5.41) is 20.1. The molecule has 0 spiro atoms. The third-order valence-electron chi connectivity index (χ3n) is 3.20. The minimum absolute atomic E-state index is 0.0616. The lowest BCUT2D eigenvalue weighted by molar-refractivity contribution is 0.418. The van der Waals surface area contributed by atoms with Gasteiger partial charge in [-0.1, -0.05) is 25.6 Å². The molecule has 0 radical (unpaired) electrons. The van der Waals surface area contributed by atoms with Crippen LogP contribution in [0.1, 0.15) is 53.5 Å². The summed E-state index contributed by atoms with van der Waals surface area (Å²) in [4.78, 5) is 11.7. The fourth-order valence-electron chi connectivity index (χ4n) is 2.18. The standard InChI is InChI=1S/C14H25N5OS/c1-6-7-16-14(5,9-15)8-11(4)21-13-18-17-12(20)19(13)10(2)3/h10-11,16H,6-8H2,1-5H3,(H,17,20). The minimum atomic E-state index is -0.554. The second kappa shape index (κ2) is 7.66. The van der Waals surface area contributed by atoms with Crippen LogP contribution in [-0.2, 0) is 0 Å². The Morgan fingerprint density at radius 1 is 1.52 bits per heavy atom. The van der Waals surface area contributed by atoms with Crippen molar-refractivity contribution in [2.75, 3.05) is 6.54 Å². The quantitative estimate of drug-likeness (QED) is 0.719. The molecular formula is C14H25N5OS. The van der Waals surface area contributed by atoms with E-state index in [4.69, 9.17) is 0 Å². The fourth-order valence-corrected chi connectivity index (χ4v) is 3.47. The molecule has 0 saturated carbocycles. The van der Waals surface area contributed by atoms with Crippen LogP contribution in [0.15, 0.2) is 9.95 Å². The first-order chi connectivity index (χ1) is 9.83. The average molecular weight is 311 g/mol. The van der Waals surface area contributed by atoms with Gasteiger partial charge in [0.15, 0.2) is 5.16 Å². The Bertz CT molecular complexity index is 544. The Morgan fingerprint density at radius 3 is 2.71 bits per heavy atom. The summed E-state index contributed by atoms with van der Waals surface area (Å²) in [6.07, 6.45) is 1.68. The number of nitriles is 1.